The van der Waals surface area contributed by atoms with E-state index in [0.717, 1.165) is 0 Å². The third kappa shape index (κ3) is 1.89. The van der Waals surface area contributed by atoms with E-state index in [0.29, 0.717) is 0 Å². The van der Waals surface area contributed by atoms with Gasteiger partial charge in [0.25, 0.3) is 0 Å². The van der Waals surface area contributed by atoms with Gasteiger partial charge < -0.3 is 0 Å². The normalized spacial score (nSPS) is 30.7. The standard InChI is InChI=1S/C10H10BF5/c1-3-10(2,11)4-5(12)7(14)9(16)8(15)6(4)13/h4-5H,3H2,1-2H3. The molecule has 3 unspecified atom stereocenters. The van der Waals surface area contributed by atoms with Crippen molar-refractivity contribution >= 4 is 7.85 Å². The Bertz CT molecular complexity index is 358. The predicted molar refractivity (Wildman–Crippen MR) is 51.3 cm³/mol. The molecular formula is C10H10BF5. The van der Waals surface area contributed by atoms with Crippen molar-refractivity contribution in [3.63, 3.8) is 0 Å². The summed E-state index contributed by atoms with van der Waals surface area (Å²) in [5, 5.41) is -1.49. The molecule has 1 rings (SSSR count). The molecule has 0 aromatic heterocycles. The Morgan fingerprint density at radius 3 is 2.00 bits per heavy atom. The second-order valence-corrected chi connectivity index (χ2v) is 4.06. The van der Waals surface area contributed by atoms with Crippen LogP contribution in [-0.4, -0.2) is 14.0 Å². The smallest absolute Gasteiger partial charge is 0.195 e. The van der Waals surface area contributed by atoms with Crippen LogP contribution in [0.4, 0.5) is 22.0 Å². The average Bonchev–Trinajstić information content (AvgIpc) is 2.23. The minimum Gasteiger partial charge on any atom is -0.239 e. The second-order valence-electron chi connectivity index (χ2n) is 4.06. The van der Waals surface area contributed by atoms with Crippen LogP contribution in [0.2, 0.25) is 5.31 Å². The van der Waals surface area contributed by atoms with Gasteiger partial charge in [-0.1, -0.05) is 25.6 Å². The maximum Gasteiger partial charge on any atom is 0.195 e. The Balaban J connectivity index is 3.26. The largest absolute Gasteiger partial charge is 0.239 e. The van der Waals surface area contributed by atoms with Crippen molar-refractivity contribution in [2.24, 2.45) is 5.92 Å². The highest BCUT2D eigenvalue weighted by molar-refractivity contribution is 6.15. The molecule has 0 heterocycles. The predicted octanol–water partition coefficient (Wildman–Crippen LogP) is 4.01. The zero-order valence-electron chi connectivity index (χ0n) is 8.83. The molecule has 0 saturated carbocycles. The van der Waals surface area contributed by atoms with Crippen LogP contribution in [0.5, 0.6) is 0 Å². The Morgan fingerprint density at radius 1 is 1.12 bits per heavy atom. The first kappa shape index (κ1) is 13.3. The number of hydrogen-bond donors (Lipinski definition) is 0. The maximum atomic E-state index is 13.4. The molecule has 0 bridgehead atoms. The van der Waals surface area contributed by atoms with Crippen LogP contribution < -0.4 is 0 Å². The van der Waals surface area contributed by atoms with E-state index in [2.05, 4.69) is 0 Å². The van der Waals surface area contributed by atoms with E-state index in [9.17, 15) is 22.0 Å². The van der Waals surface area contributed by atoms with Crippen molar-refractivity contribution in [3.05, 3.63) is 23.3 Å². The first-order chi connectivity index (χ1) is 7.24. The molecule has 3 atom stereocenters. The van der Waals surface area contributed by atoms with E-state index in [1.807, 2.05) is 0 Å². The van der Waals surface area contributed by atoms with E-state index in [-0.39, 0.29) is 6.42 Å². The van der Waals surface area contributed by atoms with E-state index >= 15 is 0 Å². The summed E-state index contributed by atoms with van der Waals surface area (Å²) in [7, 11) is 5.55. The van der Waals surface area contributed by atoms with E-state index in [1.165, 1.54) is 13.8 Å². The van der Waals surface area contributed by atoms with Gasteiger partial charge >= 0.3 is 0 Å². The van der Waals surface area contributed by atoms with Gasteiger partial charge in [0.05, 0.1) is 7.85 Å². The van der Waals surface area contributed by atoms with Gasteiger partial charge in [-0.15, -0.1) is 0 Å². The summed E-state index contributed by atoms with van der Waals surface area (Å²) in [6.07, 6.45) is -2.50. The third-order valence-corrected chi connectivity index (χ3v) is 2.89. The molecule has 0 aliphatic heterocycles. The summed E-state index contributed by atoms with van der Waals surface area (Å²) >= 11 is 0. The number of rotatable bonds is 2. The van der Waals surface area contributed by atoms with Crippen molar-refractivity contribution in [3.8, 4) is 0 Å². The van der Waals surface area contributed by atoms with Crippen LogP contribution in [0.25, 0.3) is 0 Å². The van der Waals surface area contributed by atoms with Crippen molar-refractivity contribution in [1.29, 1.82) is 0 Å². The highest BCUT2D eigenvalue weighted by Crippen LogP contribution is 2.50. The van der Waals surface area contributed by atoms with Crippen molar-refractivity contribution in [2.75, 3.05) is 0 Å². The van der Waals surface area contributed by atoms with Crippen LogP contribution in [0, 0.1) is 5.92 Å². The van der Waals surface area contributed by atoms with Gasteiger partial charge in [0.15, 0.2) is 23.7 Å². The highest BCUT2D eigenvalue weighted by atomic mass is 19.2. The summed E-state index contributed by atoms with van der Waals surface area (Å²) in [6, 6.07) is 0. The molecular weight excluding hydrogens is 226 g/mol. The molecule has 2 radical (unpaired) electrons. The lowest BCUT2D eigenvalue weighted by Gasteiger charge is -2.36. The topological polar surface area (TPSA) is 0 Å². The van der Waals surface area contributed by atoms with Gasteiger partial charge in [-0.3, -0.25) is 0 Å². The molecule has 88 valence electrons. The van der Waals surface area contributed by atoms with Gasteiger partial charge in [-0.25, -0.2) is 22.0 Å². The molecule has 0 amide bonds. The zero-order chi connectivity index (χ0) is 12.7. The quantitative estimate of drug-likeness (QED) is 0.501. The number of allylic oxidation sites excluding steroid dienone is 4. The molecule has 0 N–H and O–H groups in total. The maximum absolute atomic E-state index is 13.4. The number of alkyl halides is 1. The number of halogens is 5. The third-order valence-electron chi connectivity index (χ3n) is 2.89. The monoisotopic (exact) mass is 236 g/mol. The molecule has 0 aromatic rings. The lowest BCUT2D eigenvalue weighted by Crippen LogP contribution is -2.33. The fourth-order valence-corrected chi connectivity index (χ4v) is 1.59. The van der Waals surface area contributed by atoms with Gasteiger partial charge in [0, 0.05) is 5.92 Å². The van der Waals surface area contributed by atoms with Crippen LogP contribution in [-0.2, 0) is 0 Å². The van der Waals surface area contributed by atoms with E-state index < -0.39 is 40.7 Å². The van der Waals surface area contributed by atoms with Gasteiger partial charge in [-0.2, -0.15) is 0 Å². The van der Waals surface area contributed by atoms with Gasteiger partial charge in [0.1, 0.15) is 5.83 Å². The highest BCUT2D eigenvalue weighted by Gasteiger charge is 2.46. The Morgan fingerprint density at radius 2 is 1.56 bits per heavy atom. The summed E-state index contributed by atoms with van der Waals surface area (Å²) in [5.74, 6) is -9.56. The SMILES string of the molecule is [B]C(C)(CC)C1C(F)=C(F)C(F)=C(F)C1F. The van der Waals surface area contributed by atoms with Crippen LogP contribution >= 0.6 is 0 Å². The molecule has 0 aromatic carbocycles. The van der Waals surface area contributed by atoms with Crippen molar-refractivity contribution in [2.45, 2.75) is 31.8 Å². The van der Waals surface area contributed by atoms with E-state index in [4.69, 9.17) is 7.85 Å². The summed E-state index contributed by atoms with van der Waals surface area (Å²) in [6.45, 7) is 2.78. The first-order valence-electron chi connectivity index (χ1n) is 4.77. The fourth-order valence-electron chi connectivity index (χ4n) is 1.59. The fraction of sp³-hybridized carbons (Fsp3) is 0.600. The Kier molecular flexibility index (Phi) is 3.50. The van der Waals surface area contributed by atoms with Crippen LogP contribution in [0.15, 0.2) is 23.3 Å². The molecule has 0 spiro atoms. The molecule has 0 fully saturated rings. The zero-order valence-corrected chi connectivity index (χ0v) is 8.83. The van der Waals surface area contributed by atoms with E-state index in [1.54, 1.807) is 0 Å². The summed E-state index contributed by atoms with van der Waals surface area (Å²) < 4.78 is 65.3. The minimum atomic E-state index is -2.59. The molecule has 16 heavy (non-hydrogen) atoms. The first-order valence-corrected chi connectivity index (χ1v) is 4.77. The molecule has 0 nitrogen and oxygen atoms in total. The van der Waals surface area contributed by atoms with Gasteiger partial charge in [0.2, 0.25) is 0 Å². The van der Waals surface area contributed by atoms with Crippen LogP contribution in [0.3, 0.4) is 0 Å². The number of hydrogen-bond acceptors (Lipinski definition) is 0. The Hall–Kier alpha value is -0.805. The lowest BCUT2D eigenvalue weighted by atomic mass is 9.58. The van der Waals surface area contributed by atoms with Gasteiger partial charge in [-0.05, 0) is 0 Å². The molecule has 0 saturated heterocycles. The molecule has 1 aliphatic rings. The molecule has 1 aliphatic carbocycles. The minimum absolute atomic E-state index is 0.0910. The van der Waals surface area contributed by atoms with Crippen molar-refractivity contribution in [1.82, 2.24) is 0 Å². The Labute approximate surface area is 91.6 Å². The average molecular weight is 236 g/mol. The summed E-state index contributed by atoms with van der Waals surface area (Å²) in [5.41, 5.74) is 0. The van der Waals surface area contributed by atoms with Crippen LogP contribution in [0.1, 0.15) is 20.3 Å². The van der Waals surface area contributed by atoms with Crippen molar-refractivity contribution < 1.29 is 22.0 Å². The second kappa shape index (κ2) is 4.22. The molecule has 6 heteroatoms. The summed E-state index contributed by atoms with van der Waals surface area (Å²) in [4.78, 5) is 0. The lowest BCUT2D eigenvalue weighted by molar-refractivity contribution is 0.167.